The van der Waals surface area contributed by atoms with E-state index in [-0.39, 0.29) is 28.9 Å². The first kappa shape index (κ1) is 24.3. The first-order valence-electron chi connectivity index (χ1n) is 9.72. The van der Waals surface area contributed by atoms with Crippen LogP contribution in [0, 0.1) is 0 Å². The lowest BCUT2D eigenvalue weighted by atomic mass is 10.1. The predicted octanol–water partition coefficient (Wildman–Crippen LogP) is 0.495. The molecule has 1 heterocycles. The van der Waals surface area contributed by atoms with Crippen molar-refractivity contribution in [1.82, 2.24) is 9.62 Å². The maximum absolute atomic E-state index is 12.6. The minimum atomic E-state index is -3.52. The fourth-order valence-corrected chi connectivity index (χ4v) is 5.82. The van der Waals surface area contributed by atoms with Crippen LogP contribution in [-0.2, 0) is 40.6 Å². The third kappa shape index (κ3) is 6.26. The molecule has 1 aliphatic heterocycles. The number of ether oxygens (including phenoxy) is 1. The van der Waals surface area contributed by atoms with Gasteiger partial charge in [0, 0.05) is 19.0 Å². The van der Waals surface area contributed by atoms with Crippen LogP contribution in [0.4, 0.5) is 0 Å². The van der Waals surface area contributed by atoms with Gasteiger partial charge >= 0.3 is 5.97 Å². The van der Waals surface area contributed by atoms with Crippen LogP contribution in [0.2, 0.25) is 0 Å². The summed E-state index contributed by atoms with van der Waals surface area (Å²) < 4.78 is 54.3. The molecule has 2 unspecified atom stereocenters. The Morgan fingerprint density at radius 2 is 1.90 bits per heavy atom. The zero-order valence-corrected chi connectivity index (χ0v) is 19.0. The van der Waals surface area contributed by atoms with Gasteiger partial charge in [-0.05, 0) is 51.4 Å². The minimum absolute atomic E-state index is 0.0275. The van der Waals surface area contributed by atoms with Gasteiger partial charge in [-0.3, -0.25) is 9.59 Å². The van der Waals surface area contributed by atoms with Crippen molar-refractivity contribution in [3.63, 3.8) is 0 Å². The number of hydrogen-bond donors (Lipinski definition) is 1. The largest absolute Gasteiger partial charge is 0.453 e. The number of esters is 1. The minimum Gasteiger partial charge on any atom is -0.453 e. The lowest BCUT2D eigenvalue weighted by Crippen LogP contribution is -2.46. The monoisotopic (exact) mass is 460 g/mol. The van der Waals surface area contributed by atoms with Crippen molar-refractivity contribution in [2.24, 2.45) is 0 Å². The molecule has 1 aromatic carbocycles. The molecule has 30 heavy (non-hydrogen) atoms. The van der Waals surface area contributed by atoms with E-state index in [0.717, 1.165) is 5.56 Å². The summed E-state index contributed by atoms with van der Waals surface area (Å²) in [4.78, 5) is 26.4. The van der Waals surface area contributed by atoms with Crippen LogP contribution in [0.15, 0.2) is 29.2 Å². The summed E-state index contributed by atoms with van der Waals surface area (Å²) in [7, 11) is -5.32. The highest BCUT2D eigenvalue weighted by atomic mass is 32.2. The zero-order valence-electron chi connectivity index (χ0n) is 17.3. The SMILES string of the molecule is CCN(C(=O)C(C)OC(=O)CCc1ccc(S(=O)(=O)NC)cc1)C1CCS(=O)(=O)C1. The summed E-state index contributed by atoms with van der Waals surface area (Å²) in [5, 5.41) is 0. The number of aryl methyl sites for hydroxylation is 1. The van der Waals surface area contributed by atoms with Gasteiger partial charge in [-0.25, -0.2) is 21.6 Å². The van der Waals surface area contributed by atoms with Crippen molar-refractivity contribution in [3.05, 3.63) is 29.8 Å². The fourth-order valence-electron chi connectivity index (χ4n) is 3.35. The van der Waals surface area contributed by atoms with Gasteiger partial charge in [0.05, 0.1) is 16.4 Å². The normalized spacial score (nSPS) is 19.2. The first-order chi connectivity index (χ1) is 14.0. The Balaban J connectivity index is 1.88. The molecule has 9 nitrogen and oxygen atoms in total. The van der Waals surface area contributed by atoms with E-state index in [2.05, 4.69) is 4.72 Å². The second-order valence-electron chi connectivity index (χ2n) is 7.16. The molecular formula is C19H28N2O7S2. The highest BCUT2D eigenvalue weighted by Gasteiger charge is 2.36. The molecule has 0 bridgehead atoms. The number of carbonyl (C=O) groups is 2. The highest BCUT2D eigenvalue weighted by Crippen LogP contribution is 2.19. The van der Waals surface area contributed by atoms with Gasteiger partial charge in [0.25, 0.3) is 5.91 Å². The number of benzene rings is 1. The fraction of sp³-hybridized carbons (Fsp3) is 0.579. The number of sulfonamides is 1. The number of sulfone groups is 1. The summed E-state index contributed by atoms with van der Waals surface area (Å²) in [6, 6.07) is 5.75. The topological polar surface area (TPSA) is 127 Å². The molecule has 1 saturated heterocycles. The molecule has 1 aromatic rings. The summed E-state index contributed by atoms with van der Waals surface area (Å²) in [5.41, 5.74) is 0.757. The van der Waals surface area contributed by atoms with Gasteiger partial charge in [0.2, 0.25) is 10.0 Å². The summed E-state index contributed by atoms with van der Waals surface area (Å²) in [6.45, 7) is 3.57. The molecule has 2 rings (SSSR count). The molecule has 11 heteroatoms. The molecule has 1 aliphatic rings. The smallest absolute Gasteiger partial charge is 0.306 e. The van der Waals surface area contributed by atoms with Crippen LogP contribution in [0.5, 0.6) is 0 Å². The third-order valence-corrected chi connectivity index (χ3v) is 8.23. The lowest BCUT2D eigenvalue weighted by molar-refractivity contribution is -0.159. The maximum atomic E-state index is 12.6. The standard InChI is InChI=1S/C19H28N2O7S2/c1-4-21(16-11-12-29(24,25)13-16)19(23)14(2)28-18(22)10-7-15-5-8-17(9-6-15)30(26,27)20-3/h5-6,8-9,14,16,20H,4,7,10-13H2,1-3H3. The van der Waals surface area contributed by atoms with E-state index in [0.29, 0.717) is 19.4 Å². The van der Waals surface area contributed by atoms with Crippen molar-refractivity contribution in [1.29, 1.82) is 0 Å². The van der Waals surface area contributed by atoms with Gasteiger partial charge in [-0.15, -0.1) is 0 Å². The number of likely N-dealkylation sites (N-methyl/N-ethyl adjacent to an activating group) is 1. The Kier molecular flexibility index (Phi) is 8.00. The van der Waals surface area contributed by atoms with E-state index in [1.807, 2.05) is 0 Å². The van der Waals surface area contributed by atoms with E-state index in [1.165, 1.54) is 31.0 Å². The average molecular weight is 461 g/mol. The number of amides is 1. The molecule has 0 saturated carbocycles. The summed E-state index contributed by atoms with van der Waals surface area (Å²) in [5.74, 6) is -0.969. The van der Waals surface area contributed by atoms with E-state index in [4.69, 9.17) is 4.74 Å². The van der Waals surface area contributed by atoms with Crippen LogP contribution in [0.1, 0.15) is 32.3 Å². The number of carbonyl (C=O) groups excluding carboxylic acids is 2. The Morgan fingerprint density at radius 3 is 2.40 bits per heavy atom. The van der Waals surface area contributed by atoms with Gasteiger partial charge in [-0.2, -0.15) is 0 Å². The van der Waals surface area contributed by atoms with E-state index in [1.54, 1.807) is 19.1 Å². The molecule has 0 spiro atoms. The van der Waals surface area contributed by atoms with Gasteiger partial charge in [-0.1, -0.05) is 12.1 Å². The molecule has 1 amide bonds. The highest BCUT2D eigenvalue weighted by molar-refractivity contribution is 7.91. The molecule has 0 aromatic heterocycles. The Bertz CT molecular complexity index is 973. The van der Waals surface area contributed by atoms with Crippen LogP contribution < -0.4 is 4.72 Å². The Hall–Kier alpha value is -1.98. The van der Waals surface area contributed by atoms with Crippen LogP contribution in [0.3, 0.4) is 0 Å². The molecule has 0 aliphatic carbocycles. The first-order valence-corrected chi connectivity index (χ1v) is 13.0. The molecule has 168 valence electrons. The lowest BCUT2D eigenvalue weighted by Gasteiger charge is -2.29. The van der Waals surface area contributed by atoms with Gasteiger partial charge < -0.3 is 9.64 Å². The van der Waals surface area contributed by atoms with Crippen molar-refractivity contribution in [2.45, 2.75) is 50.2 Å². The summed E-state index contributed by atoms with van der Waals surface area (Å²) in [6.07, 6.45) is -0.261. The van der Waals surface area contributed by atoms with Crippen LogP contribution >= 0.6 is 0 Å². The third-order valence-electron chi connectivity index (χ3n) is 5.05. The second kappa shape index (κ2) is 9.88. The van der Waals surface area contributed by atoms with Crippen molar-refractivity contribution >= 4 is 31.7 Å². The average Bonchev–Trinajstić information content (AvgIpc) is 3.06. The van der Waals surface area contributed by atoms with Gasteiger partial charge in [0.15, 0.2) is 15.9 Å². The van der Waals surface area contributed by atoms with Crippen molar-refractivity contribution in [2.75, 3.05) is 25.1 Å². The number of nitrogens with one attached hydrogen (secondary N) is 1. The second-order valence-corrected chi connectivity index (χ2v) is 11.3. The number of nitrogens with zero attached hydrogens (tertiary/aromatic N) is 1. The van der Waals surface area contributed by atoms with Crippen LogP contribution in [-0.4, -0.2) is 70.9 Å². The van der Waals surface area contributed by atoms with E-state index >= 15 is 0 Å². The molecular weight excluding hydrogens is 432 g/mol. The molecule has 0 radical (unpaired) electrons. The molecule has 2 atom stereocenters. The quantitative estimate of drug-likeness (QED) is 0.532. The van der Waals surface area contributed by atoms with E-state index in [9.17, 15) is 26.4 Å². The van der Waals surface area contributed by atoms with E-state index < -0.39 is 37.8 Å². The Morgan fingerprint density at radius 1 is 1.27 bits per heavy atom. The molecule has 1 fully saturated rings. The van der Waals surface area contributed by atoms with Crippen molar-refractivity contribution in [3.8, 4) is 0 Å². The molecule has 1 N–H and O–H groups in total. The maximum Gasteiger partial charge on any atom is 0.306 e. The Labute approximate surface area is 177 Å². The van der Waals surface area contributed by atoms with Crippen molar-refractivity contribution < 1.29 is 31.2 Å². The predicted molar refractivity (Wildman–Crippen MR) is 111 cm³/mol. The number of rotatable bonds is 9. The van der Waals surface area contributed by atoms with Gasteiger partial charge in [0.1, 0.15) is 0 Å². The zero-order chi connectivity index (χ0) is 22.5. The van der Waals surface area contributed by atoms with Crippen LogP contribution in [0.25, 0.3) is 0 Å². The summed E-state index contributed by atoms with van der Waals surface area (Å²) >= 11 is 0. The number of hydrogen-bond acceptors (Lipinski definition) is 7.